The highest BCUT2D eigenvalue weighted by Gasteiger charge is 2.17. The Balaban J connectivity index is 4.01. The fraction of sp³-hybridized carbons (Fsp3) is 0.700. The number of amides is 1. The van der Waals surface area contributed by atoms with Crippen LogP contribution < -0.4 is 11.1 Å². The number of carbonyl (C=O) groups excluding carboxylic acids is 2. The number of nitrogens with two attached hydrogens (primary N) is 1. The van der Waals surface area contributed by atoms with Crippen molar-refractivity contribution >= 4 is 18.2 Å². The van der Waals surface area contributed by atoms with E-state index < -0.39 is 17.9 Å². The number of rotatable bonds is 9. The molecular formula is C10H18N2O4. The molecule has 0 saturated heterocycles. The first-order valence-corrected chi connectivity index (χ1v) is 5.18. The Morgan fingerprint density at radius 1 is 1.44 bits per heavy atom. The van der Waals surface area contributed by atoms with E-state index in [2.05, 4.69) is 5.32 Å². The summed E-state index contributed by atoms with van der Waals surface area (Å²) in [6.07, 6.45) is 1.77. The molecule has 0 fully saturated rings. The van der Waals surface area contributed by atoms with Crippen LogP contribution >= 0.6 is 0 Å². The number of primary amides is 1. The summed E-state index contributed by atoms with van der Waals surface area (Å²) in [7, 11) is 0. The van der Waals surface area contributed by atoms with Gasteiger partial charge in [0.05, 0.1) is 6.04 Å². The predicted molar refractivity (Wildman–Crippen MR) is 57.7 cm³/mol. The standard InChI is InChI=1S/C10H18N2O4/c1-7(4-5-9(14)15)12-8(10(11)16)3-2-6-13/h6-8,12H,2-5H2,1H3,(H2,11,16)(H,14,15)/t7?,8-/m0/s1. The normalized spacial score (nSPS) is 14.1. The van der Waals surface area contributed by atoms with Gasteiger partial charge in [-0.2, -0.15) is 0 Å². The van der Waals surface area contributed by atoms with Crippen LogP contribution in [0.25, 0.3) is 0 Å². The lowest BCUT2D eigenvalue weighted by molar-refractivity contribution is -0.137. The summed E-state index contributed by atoms with van der Waals surface area (Å²) in [6.45, 7) is 1.78. The van der Waals surface area contributed by atoms with Gasteiger partial charge < -0.3 is 21.0 Å². The van der Waals surface area contributed by atoms with E-state index in [4.69, 9.17) is 10.8 Å². The summed E-state index contributed by atoms with van der Waals surface area (Å²) < 4.78 is 0. The van der Waals surface area contributed by atoms with Gasteiger partial charge in [-0.1, -0.05) is 0 Å². The average molecular weight is 230 g/mol. The van der Waals surface area contributed by atoms with E-state index in [0.29, 0.717) is 12.8 Å². The minimum Gasteiger partial charge on any atom is -0.481 e. The lowest BCUT2D eigenvalue weighted by Crippen LogP contribution is -2.45. The Bertz CT molecular complexity index is 255. The molecule has 0 aromatic heterocycles. The first-order valence-electron chi connectivity index (χ1n) is 5.18. The molecule has 0 rings (SSSR count). The number of aldehydes is 1. The van der Waals surface area contributed by atoms with E-state index in [1.807, 2.05) is 0 Å². The van der Waals surface area contributed by atoms with Gasteiger partial charge in [0, 0.05) is 18.9 Å². The van der Waals surface area contributed by atoms with Crippen LogP contribution in [0.4, 0.5) is 0 Å². The molecule has 0 bridgehead atoms. The first kappa shape index (κ1) is 14.6. The molecule has 0 aromatic rings. The van der Waals surface area contributed by atoms with Crippen LogP contribution in [0, 0.1) is 0 Å². The third-order valence-corrected chi connectivity index (χ3v) is 2.19. The third-order valence-electron chi connectivity index (χ3n) is 2.19. The highest BCUT2D eigenvalue weighted by Crippen LogP contribution is 2.01. The van der Waals surface area contributed by atoms with Crippen LogP contribution in [0.1, 0.15) is 32.6 Å². The quantitative estimate of drug-likeness (QED) is 0.469. The molecule has 0 spiro atoms. The molecule has 0 aromatic carbocycles. The fourth-order valence-electron chi connectivity index (χ4n) is 1.31. The van der Waals surface area contributed by atoms with Crippen molar-refractivity contribution in [3.05, 3.63) is 0 Å². The Labute approximate surface area is 94.2 Å². The van der Waals surface area contributed by atoms with Crippen molar-refractivity contribution in [2.75, 3.05) is 0 Å². The summed E-state index contributed by atoms with van der Waals surface area (Å²) in [6, 6.07) is -0.700. The zero-order valence-corrected chi connectivity index (χ0v) is 9.31. The second-order valence-electron chi connectivity index (χ2n) is 3.70. The molecule has 6 nitrogen and oxygen atoms in total. The Hall–Kier alpha value is -1.43. The molecule has 0 heterocycles. The second kappa shape index (κ2) is 7.81. The third kappa shape index (κ3) is 6.94. The number of aliphatic carboxylic acids is 1. The summed E-state index contributed by atoms with van der Waals surface area (Å²) in [5.74, 6) is -1.40. The number of carboxylic acids is 1. The van der Waals surface area contributed by atoms with Gasteiger partial charge in [0.1, 0.15) is 6.29 Å². The summed E-state index contributed by atoms with van der Waals surface area (Å²) in [4.78, 5) is 31.5. The molecule has 0 radical (unpaired) electrons. The lowest BCUT2D eigenvalue weighted by atomic mass is 10.1. The molecule has 16 heavy (non-hydrogen) atoms. The van der Waals surface area contributed by atoms with Crippen LogP contribution in [0.2, 0.25) is 0 Å². The molecule has 92 valence electrons. The highest BCUT2D eigenvalue weighted by molar-refractivity contribution is 5.80. The van der Waals surface area contributed by atoms with Crippen molar-refractivity contribution in [3.8, 4) is 0 Å². The van der Waals surface area contributed by atoms with E-state index in [0.717, 1.165) is 6.29 Å². The molecule has 0 saturated carbocycles. The number of hydrogen-bond acceptors (Lipinski definition) is 4. The minimum atomic E-state index is -0.878. The van der Waals surface area contributed by atoms with Crippen LogP contribution in [0.3, 0.4) is 0 Å². The molecule has 0 aliphatic carbocycles. The summed E-state index contributed by atoms with van der Waals surface area (Å²) in [5.41, 5.74) is 5.15. The zero-order chi connectivity index (χ0) is 12.6. The van der Waals surface area contributed by atoms with Gasteiger partial charge in [0.25, 0.3) is 0 Å². The smallest absolute Gasteiger partial charge is 0.303 e. The Morgan fingerprint density at radius 3 is 2.50 bits per heavy atom. The molecule has 4 N–H and O–H groups in total. The number of carbonyl (C=O) groups is 3. The van der Waals surface area contributed by atoms with Crippen molar-refractivity contribution in [1.82, 2.24) is 5.32 Å². The summed E-state index contributed by atoms with van der Waals surface area (Å²) in [5, 5.41) is 11.4. The SMILES string of the molecule is CC(CCC(=O)O)N[C@@H](CCC=O)C(N)=O. The first-order chi connectivity index (χ1) is 7.47. The largest absolute Gasteiger partial charge is 0.481 e. The van der Waals surface area contributed by atoms with Gasteiger partial charge in [-0.3, -0.25) is 9.59 Å². The van der Waals surface area contributed by atoms with Crippen molar-refractivity contribution < 1.29 is 19.5 Å². The van der Waals surface area contributed by atoms with Gasteiger partial charge in [-0.25, -0.2) is 0 Å². The van der Waals surface area contributed by atoms with E-state index in [1.54, 1.807) is 6.92 Å². The summed E-state index contributed by atoms with van der Waals surface area (Å²) >= 11 is 0. The highest BCUT2D eigenvalue weighted by atomic mass is 16.4. The second-order valence-corrected chi connectivity index (χ2v) is 3.70. The molecular weight excluding hydrogens is 212 g/mol. The fourth-order valence-corrected chi connectivity index (χ4v) is 1.31. The van der Waals surface area contributed by atoms with Gasteiger partial charge in [0.2, 0.25) is 5.91 Å². The van der Waals surface area contributed by atoms with Crippen LogP contribution in [0.5, 0.6) is 0 Å². The number of hydrogen-bond donors (Lipinski definition) is 3. The molecule has 0 aliphatic rings. The molecule has 0 aliphatic heterocycles. The number of carboxylic acid groups (broad SMARTS) is 1. The van der Waals surface area contributed by atoms with Gasteiger partial charge in [0.15, 0.2) is 0 Å². The van der Waals surface area contributed by atoms with Crippen molar-refractivity contribution in [2.45, 2.75) is 44.7 Å². The monoisotopic (exact) mass is 230 g/mol. The van der Waals surface area contributed by atoms with Crippen molar-refractivity contribution in [1.29, 1.82) is 0 Å². The van der Waals surface area contributed by atoms with E-state index in [-0.39, 0.29) is 18.9 Å². The lowest BCUT2D eigenvalue weighted by Gasteiger charge is -2.19. The van der Waals surface area contributed by atoms with Crippen LogP contribution in [0.15, 0.2) is 0 Å². The van der Waals surface area contributed by atoms with Crippen LogP contribution in [-0.2, 0) is 14.4 Å². The molecule has 1 amide bonds. The predicted octanol–water partition coefficient (Wildman–Crippen LogP) is -0.338. The van der Waals surface area contributed by atoms with Gasteiger partial charge >= 0.3 is 5.97 Å². The van der Waals surface area contributed by atoms with Crippen LogP contribution in [-0.4, -0.2) is 35.4 Å². The van der Waals surface area contributed by atoms with Crippen molar-refractivity contribution in [2.24, 2.45) is 5.73 Å². The Morgan fingerprint density at radius 2 is 2.06 bits per heavy atom. The average Bonchev–Trinajstić information content (AvgIpc) is 2.20. The number of nitrogens with one attached hydrogen (secondary N) is 1. The molecule has 1 unspecified atom stereocenters. The zero-order valence-electron chi connectivity index (χ0n) is 9.31. The maximum absolute atomic E-state index is 11.0. The maximum atomic E-state index is 11.0. The van der Waals surface area contributed by atoms with Crippen molar-refractivity contribution in [3.63, 3.8) is 0 Å². The molecule has 2 atom stereocenters. The van der Waals surface area contributed by atoms with E-state index in [1.165, 1.54) is 0 Å². The van der Waals surface area contributed by atoms with E-state index in [9.17, 15) is 14.4 Å². The minimum absolute atomic E-state index is 0.0350. The topological polar surface area (TPSA) is 109 Å². The molecule has 6 heteroatoms. The van der Waals surface area contributed by atoms with E-state index >= 15 is 0 Å². The van der Waals surface area contributed by atoms with Gasteiger partial charge in [-0.05, 0) is 19.8 Å². The maximum Gasteiger partial charge on any atom is 0.303 e. The Kier molecular flexibility index (Phi) is 7.11. The van der Waals surface area contributed by atoms with Gasteiger partial charge in [-0.15, -0.1) is 0 Å².